The predicted molar refractivity (Wildman–Crippen MR) is 72.2 cm³/mol. The second-order valence-corrected chi connectivity index (χ2v) is 4.75. The second-order valence-electron chi connectivity index (χ2n) is 4.75. The number of pyridine rings is 1. The summed E-state index contributed by atoms with van der Waals surface area (Å²) >= 11 is 0. The van der Waals surface area contributed by atoms with E-state index in [0.717, 1.165) is 12.2 Å². The van der Waals surface area contributed by atoms with E-state index in [1.807, 2.05) is 37.1 Å². The molecule has 96 valence electrons. The molecule has 0 bridgehead atoms. The number of rotatable bonds is 4. The summed E-state index contributed by atoms with van der Waals surface area (Å²) in [4.78, 5) is 4.16. The van der Waals surface area contributed by atoms with Gasteiger partial charge in [0.05, 0.1) is 5.69 Å². The summed E-state index contributed by atoms with van der Waals surface area (Å²) in [5.74, 6) is 0. The van der Waals surface area contributed by atoms with Crippen LogP contribution in [0, 0.1) is 13.8 Å². The largest absolute Gasteiger partial charge is 0.306 e. The summed E-state index contributed by atoms with van der Waals surface area (Å²) in [6, 6.07) is 2.33. The topological polar surface area (TPSA) is 42.7 Å². The molecule has 0 radical (unpaired) electrons. The van der Waals surface area contributed by atoms with Crippen molar-refractivity contribution in [2.45, 2.75) is 33.4 Å². The first-order valence-electron chi connectivity index (χ1n) is 6.21. The van der Waals surface area contributed by atoms with Gasteiger partial charge in [-0.2, -0.15) is 5.10 Å². The summed E-state index contributed by atoms with van der Waals surface area (Å²) < 4.78 is 1.86. The lowest BCUT2D eigenvalue weighted by molar-refractivity contribution is 0.570. The van der Waals surface area contributed by atoms with Crippen molar-refractivity contribution in [3.8, 4) is 0 Å². The van der Waals surface area contributed by atoms with Crippen molar-refractivity contribution in [3.63, 3.8) is 0 Å². The van der Waals surface area contributed by atoms with Crippen LogP contribution in [0.5, 0.6) is 0 Å². The molecular formula is C14H20N4. The Kier molecular flexibility index (Phi) is 3.77. The third kappa shape index (κ3) is 2.76. The van der Waals surface area contributed by atoms with Crippen LogP contribution in [0.4, 0.5) is 0 Å². The van der Waals surface area contributed by atoms with E-state index in [2.05, 4.69) is 35.4 Å². The van der Waals surface area contributed by atoms with Gasteiger partial charge in [0, 0.05) is 43.8 Å². The van der Waals surface area contributed by atoms with Crippen LogP contribution in [0.2, 0.25) is 0 Å². The summed E-state index contributed by atoms with van der Waals surface area (Å²) in [6.07, 6.45) is 5.82. The van der Waals surface area contributed by atoms with Crippen LogP contribution >= 0.6 is 0 Å². The second kappa shape index (κ2) is 5.31. The van der Waals surface area contributed by atoms with Crippen molar-refractivity contribution in [3.05, 3.63) is 47.0 Å². The normalized spacial score (nSPS) is 12.7. The van der Waals surface area contributed by atoms with E-state index in [4.69, 9.17) is 0 Å². The Labute approximate surface area is 108 Å². The van der Waals surface area contributed by atoms with E-state index in [1.165, 1.54) is 16.7 Å². The SMILES string of the molecule is Cc1ccncc1CNC(C)c1cn(C)nc1C. The average molecular weight is 244 g/mol. The molecular weight excluding hydrogens is 224 g/mol. The number of aromatic nitrogens is 3. The first-order chi connectivity index (χ1) is 8.58. The fourth-order valence-corrected chi connectivity index (χ4v) is 2.10. The molecule has 0 aliphatic heterocycles. The Morgan fingerprint density at radius 2 is 2.17 bits per heavy atom. The van der Waals surface area contributed by atoms with Crippen molar-refractivity contribution in [1.82, 2.24) is 20.1 Å². The van der Waals surface area contributed by atoms with Crippen molar-refractivity contribution in [2.75, 3.05) is 0 Å². The maximum Gasteiger partial charge on any atom is 0.0641 e. The zero-order valence-corrected chi connectivity index (χ0v) is 11.4. The molecule has 0 aromatic carbocycles. The molecule has 0 fully saturated rings. The quantitative estimate of drug-likeness (QED) is 0.897. The van der Waals surface area contributed by atoms with Crippen LogP contribution in [0.1, 0.15) is 35.3 Å². The van der Waals surface area contributed by atoms with Crippen molar-refractivity contribution in [2.24, 2.45) is 7.05 Å². The highest BCUT2D eigenvalue weighted by Crippen LogP contribution is 2.16. The predicted octanol–water partition coefficient (Wildman–Crippen LogP) is 2.28. The molecule has 0 amide bonds. The van der Waals surface area contributed by atoms with Gasteiger partial charge in [0.1, 0.15) is 0 Å². The molecule has 0 saturated heterocycles. The minimum atomic E-state index is 0.290. The Bertz CT molecular complexity index is 530. The molecule has 2 aromatic rings. The number of nitrogens with one attached hydrogen (secondary N) is 1. The zero-order chi connectivity index (χ0) is 13.1. The summed E-state index contributed by atoms with van der Waals surface area (Å²) in [5.41, 5.74) is 4.85. The molecule has 0 aliphatic rings. The maximum atomic E-state index is 4.37. The summed E-state index contributed by atoms with van der Waals surface area (Å²) in [6.45, 7) is 7.15. The molecule has 18 heavy (non-hydrogen) atoms. The molecule has 2 aromatic heterocycles. The van der Waals surface area contributed by atoms with E-state index in [9.17, 15) is 0 Å². The highest BCUT2D eigenvalue weighted by molar-refractivity contribution is 5.23. The minimum Gasteiger partial charge on any atom is -0.306 e. The van der Waals surface area contributed by atoms with Crippen LogP contribution in [0.15, 0.2) is 24.7 Å². The third-order valence-corrected chi connectivity index (χ3v) is 3.26. The van der Waals surface area contributed by atoms with E-state index < -0.39 is 0 Å². The van der Waals surface area contributed by atoms with Crippen molar-refractivity contribution >= 4 is 0 Å². The van der Waals surface area contributed by atoms with Gasteiger partial charge in [0.15, 0.2) is 0 Å². The monoisotopic (exact) mass is 244 g/mol. The van der Waals surface area contributed by atoms with Crippen molar-refractivity contribution < 1.29 is 0 Å². The van der Waals surface area contributed by atoms with Gasteiger partial charge in [-0.15, -0.1) is 0 Å². The van der Waals surface area contributed by atoms with E-state index in [1.54, 1.807) is 0 Å². The molecule has 4 heteroatoms. The van der Waals surface area contributed by atoms with Gasteiger partial charge in [-0.05, 0) is 38.0 Å². The Hall–Kier alpha value is -1.68. The number of hydrogen-bond donors (Lipinski definition) is 1. The van der Waals surface area contributed by atoms with E-state index >= 15 is 0 Å². The maximum absolute atomic E-state index is 4.37. The Balaban J connectivity index is 2.03. The average Bonchev–Trinajstić information content (AvgIpc) is 2.67. The Morgan fingerprint density at radius 3 is 2.78 bits per heavy atom. The van der Waals surface area contributed by atoms with Gasteiger partial charge in [0.2, 0.25) is 0 Å². The lowest BCUT2D eigenvalue weighted by Gasteiger charge is -2.14. The fraction of sp³-hybridized carbons (Fsp3) is 0.429. The molecule has 1 N–H and O–H groups in total. The van der Waals surface area contributed by atoms with Gasteiger partial charge >= 0.3 is 0 Å². The lowest BCUT2D eigenvalue weighted by Crippen LogP contribution is -2.19. The molecule has 2 heterocycles. The smallest absolute Gasteiger partial charge is 0.0641 e. The molecule has 0 aliphatic carbocycles. The highest BCUT2D eigenvalue weighted by Gasteiger charge is 2.11. The molecule has 1 atom stereocenters. The van der Waals surface area contributed by atoms with Crippen LogP contribution in [0.25, 0.3) is 0 Å². The van der Waals surface area contributed by atoms with Crippen LogP contribution in [0.3, 0.4) is 0 Å². The summed E-state index contributed by atoms with van der Waals surface area (Å²) in [7, 11) is 1.95. The zero-order valence-electron chi connectivity index (χ0n) is 11.4. The first-order valence-corrected chi connectivity index (χ1v) is 6.21. The molecule has 0 saturated carbocycles. The third-order valence-electron chi connectivity index (χ3n) is 3.26. The minimum absolute atomic E-state index is 0.290. The number of nitrogens with zero attached hydrogens (tertiary/aromatic N) is 3. The van der Waals surface area contributed by atoms with Crippen molar-refractivity contribution in [1.29, 1.82) is 0 Å². The molecule has 1 unspecified atom stereocenters. The van der Waals surface area contributed by atoms with Gasteiger partial charge in [-0.3, -0.25) is 9.67 Å². The number of hydrogen-bond acceptors (Lipinski definition) is 3. The lowest BCUT2D eigenvalue weighted by atomic mass is 10.1. The van der Waals surface area contributed by atoms with Gasteiger partial charge in [-0.25, -0.2) is 0 Å². The molecule has 2 rings (SSSR count). The van der Waals surface area contributed by atoms with Gasteiger partial charge < -0.3 is 5.32 Å². The van der Waals surface area contributed by atoms with E-state index in [0.29, 0.717) is 6.04 Å². The fourth-order valence-electron chi connectivity index (χ4n) is 2.10. The molecule has 0 spiro atoms. The summed E-state index contributed by atoms with van der Waals surface area (Å²) in [5, 5.41) is 7.89. The Morgan fingerprint density at radius 1 is 1.39 bits per heavy atom. The van der Waals surface area contributed by atoms with Crippen LogP contribution in [-0.2, 0) is 13.6 Å². The number of aryl methyl sites for hydroxylation is 3. The van der Waals surface area contributed by atoms with E-state index in [-0.39, 0.29) is 0 Å². The standard InChI is InChI=1S/C14H20N4/c1-10-5-6-15-7-13(10)8-16-11(2)14-9-18(4)17-12(14)3/h5-7,9,11,16H,8H2,1-4H3. The molecule has 4 nitrogen and oxygen atoms in total. The van der Waals surface area contributed by atoms with Crippen LogP contribution in [-0.4, -0.2) is 14.8 Å². The van der Waals surface area contributed by atoms with Crippen LogP contribution < -0.4 is 5.32 Å². The van der Waals surface area contributed by atoms with Gasteiger partial charge in [0.25, 0.3) is 0 Å². The van der Waals surface area contributed by atoms with Gasteiger partial charge in [-0.1, -0.05) is 0 Å². The first kappa shape index (κ1) is 12.8. The highest BCUT2D eigenvalue weighted by atomic mass is 15.3.